The molecule has 1 unspecified atom stereocenters. The average molecular weight is 215 g/mol. The van der Waals surface area contributed by atoms with Crippen LogP contribution in [0.1, 0.15) is 25.7 Å². The van der Waals surface area contributed by atoms with Crippen molar-refractivity contribution in [2.24, 2.45) is 0 Å². The maximum Gasteiger partial charge on any atom is 0.151 e. The summed E-state index contributed by atoms with van der Waals surface area (Å²) in [6.45, 7) is 0.824. The molecular formula is C10H17NO2S. The molecule has 3 nitrogen and oxygen atoms in total. The van der Waals surface area contributed by atoms with Crippen LogP contribution in [0.3, 0.4) is 0 Å². The molecule has 1 heterocycles. The fourth-order valence-electron chi connectivity index (χ4n) is 1.68. The van der Waals surface area contributed by atoms with Crippen LogP contribution in [0.5, 0.6) is 0 Å². The van der Waals surface area contributed by atoms with Gasteiger partial charge in [-0.2, -0.15) is 0 Å². The molecule has 0 bridgehead atoms. The normalized spacial score (nSPS) is 25.5. The van der Waals surface area contributed by atoms with E-state index in [9.17, 15) is 8.42 Å². The van der Waals surface area contributed by atoms with Gasteiger partial charge < -0.3 is 5.32 Å². The van der Waals surface area contributed by atoms with Gasteiger partial charge in [-0.3, -0.25) is 0 Å². The van der Waals surface area contributed by atoms with Crippen LogP contribution in [0.2, 0.25) is 0 Å². The number of nitrogens with one attached hydrogen (secondary N) is 1. The van der Waals surface area contributed by atoms with Crippen molar-refractivity contribution in [3.05, 3.63) is 0 Å². The Bertz CT molecular complexity index is 303. The highest BCUT2D eigenvalue weighted by Crippen LogP contribution is 2.11. The molecule has 1 rings (SSSR count). The molecule has 0 aromatic rings. The van der Waals surface area contributed by atoms with E-state index in [1.54, 1.807) is 0 Å². The van der Waals surface area contributed by atoms with Gasteiger partial charge in [-0.05, 0) is 25.8 Å². The van der Waals surface area contributed by atoms with Crippen molar-refractivity contribution in [2.75, 3.05) is 18.1 Å². The van der Waals surface area contributed by atoms with Crippen LogP contribution in [-0.2, 0) is 9.84 Å². The summed E-state index contributed by atoms with van der Waals surface area (Å²) < 4.78 is 22.6. The van der Waals surface area contributed by atoms with Gasteiger partial charge in [0.05, 0.1) is 11.5 Å². The number of hydrogen-bond acceptors (Lipinski definition) is 3. The summed E-state index contributed by atoms with van der Waals surface area (Å²) in [6, 6.07) is 0.145. The summed E-state index contributed by atoms with van der Waals surface area (Å²) in [5.41, 5.74) is 0. The highest BCUT2D eigenvalue weighted by atomic mass is 32.2. The first-order valence-corrected chi connectivity index (χ1v) is 6.83. The molecule has 1 fully saturated rings. The Kier molecular flexibility index (Phi) is 4.43. The van der Waals surface area contributed by atoms with Crippen LogP contribution >= 0.6 is 0 Å². The van der Waals surface area contributed by atoms with Crippen molar-refractivity contribution in [3.8, 4) is 12.3 Å². The predicted molar refractivity (Wildman–Crippen MR) is 57.7 cm³/mol. The van der Waals surface area contributed by atoms with Crippen molar-refractivity contribution in [3.63, 3.8) is 0 Å². The fourth-order valence-corrected chi connectivity index (χ4v) is 3.35. The lowest BCUT2D eigenvalue weighted by Crippen LogP contribution is -2.40. The second kappa shape index (κ2) is 5.38. The molecule has 0 radical (unpaired) electrons. The maximum atomic E-state index is 11.3. The second-order valence-corrected chi connectivity index (χ2v) is 5.94. The number of unbranched alkanes of at least 4 members (excludes halogenated alkanes) is 1. The first-order chi connectivity index (χ1) is 6.64. The minimum Gasteiger partial charge on any atom is -0.313 e. The Balaban J connectivity index is 2.22. The van der Waals surface area contributed by atoms with Crippen LogP contribution in [0.25, 0.3) is 0 Å². The first-order valence-electron chi connectivity index (χ1n) is 5.01. The molecule has 1 aliphatic rings. The number of hydrogen-bond donors (Lipinski definition) is 1. The zero-order valence-electron chi connectivity index (χ0n) is 8.33. The van der Waals surface area contributed by atoms with Gasteiger partial charge in [-0.1, -0.05) is 0 Å². The topological polar surface area (TPSA) is 46.2 Å². The lowest BCUT2D eigenvalue weighted by atomic mass is 10.2. The quantitative estimate of drug-likeness (QED) is 0.551. The van der Waals surface area contributed by atoms with Gasteiger partial charge in [0.2, 0.25) is 0 Å². The Morgan fingerprint density at radius 3 is 2.93 bits per heavy atom. The van der Waals surface area contributed by atoms with E-state index in [0.717, 1.165) is 32.2 Å². The molecule has 1 N–H and O–H groups in total. The smallest absolute Gasteiger partial charge is 0.151 e. The Morgan fingerprint density at radius 2 is 2.29 bits per heavy atom. The second-order valence-electron chi connectivity index (χ2n) is 3.72. The zero-order valence-corrected chi connectivity index (χ0v) is 9.15. The van der Waals surface area contributed by atoms with E-state index in [2.05, 4.69) is 11.2 Å². The fraction of sp³-hybridized carbons (Fsp3) is 0.800. The van der Waals surface area contributed by atoms with E-state index in [1.807, 2.05) is 0 Å². The van der Waals surface area contributed by atoms with Crippen LogP contribution in [0, 0.1) is 12.3 Å². The third-order valence-corrected chi connectivity index (χ3v) is 4.21. The summed E-state index contributed by atoms with van der Waals surface area (Å²) in [4.78, 5) is 0. The van der Waals surface area contributed by atoms with Gasteiger partial charge in [0.25, 0.3) is 0 Å². The Morgan fingerprint density at radius 1 is 1.50 bits per heavy atom. The largest absolute Gasteiger partial charge is 0.313 e. The summed E-state index contributed by atoms with van der Waals surface area (Å²) in [7, 11) is -2.78. The molecule has 1 aliphatic heterocycles. The summed E-state index contributed by atoms with van der Waals surface area (Å²) in [6.07, 6.45) is 8.55. The SMILES string of the molecule is C#CCCCNC1CCCS(=O)(=O)C1. The van der Waals surface area contributed by atoms with Crippen LogP contribution in [-0.4, -0.2) is 32.5 Å². The molecule has 0 amide bonds. The summed E-state index contributed by atoms with van der Waals surface area (Å²) in [5, 5.41) is 3.24. The van der Waals surface area contributed by atoms with Crippen molar-refractivity contribution >= 4 is 9.84 Å². The highest BCUT2D eigenvalue weighted by Gasteiger charge is 2.23. The molecular weight excluding hydrogens is 198 g/mol. The minimum absolute atomic E-state index is 0.145. The lowest BCUT2D eigenvalue weighted by molar-refractivity contribution is 0.478. The van der Waals surface area contributed by atoms with E-state index in [-0.39, 0.29) is 6.04 Å². The van der Waals surface area contributed by atoms with E-state index in [0.29, 0.717) is 11.5 Å². The molecule has 0 aromatic carbocycles. The molecule has 14 heavy (non-hydrogen) atoms. The van der Waals surface area contributed by atoms with E-state index < -0.39 is 9.84 Å². The molecule has 0 aromatic heterocycles. The van der Waals surface area contributed by atoms with Crippen molar-refractivity contribution in [1.29, 1.82) is 0 Å². The number of terminal acetylenes is 1. The van der Waals surface area contributed by atoms with Crippen molar-refractivity contribution < 1.29 is 8.42 Å². The van der Waals surface area contributed by atoms with E-state index >= 15 is 0 Å². The summed E-state index contributed by atoms with van der Waals surface area (Å²) in [5.74, 6) is 3.21. The Labute approximate surface area is 86.2 Å². The van der Waals surface area contributed by atoms with E-state index in [4.69, 9.17) is 6.42 Å². The lowest BCUT2D eigenvalue weighted by Gasteiger charge is -2.22. The molecule has 1 saturated heterocycles. The maximum absolute atomic E-state index is 11.3. The standard InChI is InChI=1S/C10H17NO2S/c1-2-3-4-7-11-10-6-5-8-14(12,13)9-10/h1,10-11H,3-9H2. The highest BCUT2D eigenvalue weighted by molar-refractivity contribution is 7.91. The van der Waals surface area contributed by atoms with Crippen molar-refractivity contribution in [2.45, 2.75) is 31.7 Å². The molecule has 0 aliphatic carbocycles. The minimum atomic E-state index is -2.78. The van der Waals surface area contributed by atoms with Crippen LogP contribution < -0.4 is 5.32 Å². The predicted octanol–water partition coefficient (Wildman–Crippen LogP) is 0.567. The van der Waals surface area contributed by atoms with Gasteiger partial charge in [0.15, 0.2) is 9.84 Å². The molecule has 0 spiro atoms. The third-order valence-electron chi connectivity index (χ3n) is 2.39. The first kappa shape index (κ1) is 11.5. The zero-order chi connectivity index (χ0) is 10.4. The van der Waals surface area contributed by atoms with Gasteiger partial charge in [0, 0.05) is 12.5 Å². The van der Waals surface area contributed by atoms with E-state index in [1.165, 1.54) is 0 Å². The van der Waals surface area contributed by atoms with Gasteiger partial charge in [-0.25, -0.2) is 8.42 Å². The monoisotopic (exact) mass is 215 g/mol. The molecule has 4 heteroatoms. The Hall–Kier alpha value is -0.530. The van der Waals surface area contributed by atoms with Crippen LogP contribution in [0.15, 0.2) is 0 Å². The van der Waals surface area contributed by atoms with Gasteiger partial charge in [0.1, 0.15) is 0 Å². The van der Waals surface area contributed by atoms with Crippen molar-refractivity contribution in [1.82, 2.24) is 5.32 Å². The molecule has 0 saturated carbocycles. The van der Waals surface area contributed by atoms with Gasteiger partial charge in [-0.15, -0.1) is 12.3 Å². The summed E-state index contributed by atoms with van der Waals surface area (Å²) >= 11 is 0. The third kappa shape index (κ3) is 4.12. The molecule has 1 atom stereocenters. The van der Waals surface area contributed by atoms with Crippen LogP contribution in [0.4, 0.5) is 0 Å². The average Bonchev–Trinajstić information content (AvgIpc) is 2.11. The number of rotatable bonds is 4. The van der Waals surface area contributed by atoms with Gasteiger partial charge >= 0.3 is 0 Å². The molecule has 80 valence electrons. The number of sulfone groups is 1.